The lowest BCUT2D eigenvalue weighted by Gasteiger charge is -2.09. The summed E-state index contributed by atoms with van der Waals surface area (Å²) in [6.45, 7) is 3.92. The first-order valence-electron chi connectivity index (χ1n) is 5.75. The second-order valence-electron chi connectivity index (χ2n) is 4.24. The quantitative estimate of drug-likeness (QED) is 0.727. The van der Waals surface area contributed by atoms with Crippen LogP contribution in [0.15, 0.2) is 35.1 Å². The SMILES string of the molecule is Cc1ccc(Oc2cc(C)nc3ncnn23)c(Br)c1. The summed E-state index contributed by atoms with van der Waals surface area (Å²) in [7, 11) is 0. The van der Waals surface area contributed by atoms with E-state index in [4.69, 9.17) is 4.74 Å². The Kier molecular flexibility index (Phi) is 2.94. The van der Waals surface area contributed by atoms with Gasteiger partial charge in [0.15, 0.2) is 0 Å². The van der Waals surface area contributed by atoms with Gasteiger partial charge in [-0.1, -0.05) is 6.07 Å². The molecule has 19 heavy (non-hydrogen) atoms. The molecule has 2 aromatic heterocycles. The lowest BCUT2D eigenvalue weighted by molar-refractivity contribution is 0.442. The molecule has 1 aromatic carbocycles. The minimum atomic E-state index is 0.526. The first-order valence-corrected chi connectivity index (χ1v) is 6.54. The van der Waals surface area contributed by atoms with Gasteiger partial charge in [0.1, 0.15) is 12.1 Å². The molecule has 0 aliphatic carbocycles. The van der Waals surface area contributed by atoms with Gasteiger partial charge in [0.25, 0.3) is 5.78 Å². The van der Waals surface area contributed by atoms with E-state index in [0.717, 1.165) is 21.5 Å². The van der Waals surface area contributed by atoms with Crippen LogP contribution in [-0.2, 0) is 0 Å². The van der Waals surface area contributed by atoms with Gasteiger partial charge in [-0.3, -0.25) is 0 Å². The second kappa shape index (κ2) is 4.62. The van der Waals surface area contributed by atoms with Crippen LogP contribution in [-0.4, -0.2) is 19.6 Å². The largest absolute Gasteiger partial charge is 0.438 e. The monoisotopic (exact) mass is 318 g/mol. The summed E-state index contributed by atoms with van der Waals surface area (Å²) in [4.78, 5) is 8.34. The number of aromatic nitrogens is 4. The lowest BCUT2D eigenvalue weighted by Crippen LogP contribution is -1.99. The van der Waals surface area contributed by atoms with Crippen LogP contribution in [0.1, 0.15) is 11.3 Å². The number of ether oxygens (including phenoxy) is 1. The van der Waals surface area contributed by atoms with Crippen molar-refractivity contribution in [2.45, 2.75) is 13.8 Å². The number of hydrogen-bond donors (Lipinski definition) is 0. The van der Waals surface area contributed by atoms with Gasteiger partial charge in [0, 0.05) is 11.8 Å². The summed E-state index contributed by atoms with van der Waals surface area (Å²) >= 11 is 3.49. The zero-order valence-electron chi connectivity index (χ0n) is 10.5. The molecule has 0 spiro atoms. The van der Waals surface area contributed by atoms with Crippen molar-refractivity contribution in [1.82, 2.24) is 19.6 Å². The zero-order valence-corrected chi connectivity index (χ0v) is 12.0. The molecule has 0 N–H and O–H groups in total. The van der Waals surface area contributed by atoms with Crippen molar-refractivity contribution in [3.8, 4) is 11.6 Å². The number of nitrogens with zero attached hydrogens (tertiary/aromatic N) is 4. The fourth-order valence-electron chi connectivity index (χ4n) is 1.77. The average Bonchev–Trinajstić information content (AvgIpc) is 2.80. The highest BCUT2D eigenvalue weighted by molar-refractivity contribution is 9.10. The van der Waals surface area contributed by atoms with E-state index in [-0.39, 0.29) is 0 Å². The van der Waals surface area contributed by atoms with Crippen LogP contribution in [0, 0.1) is 13.8 Å². The maximum absolute atomic E-state index is 5.89. The van der Waals surface area contributed by atoms with Crippen LogP contribution in [0.3, 0.4) is 0 Å². The minimum Gasteiger partial charge on any atom is -0.438 e. The van der Waals surface area contributed by atoms with Crippen molar-refractivity contribution in [2.24, 2.45) is 0 Å². The van der Waals surface area contributed by atoms with E-state index in [0.29, 0.717) is 11.7 Å². The van der Waals surface area contributed by atoms with Gasteiger partial charge in [-0.15, -0.1) is 0 Å². The Labute approximate surface area is 118 Å². The van der Waals surface area contributed by atoms with Crippen molar-refractivity contribution < 1.29 is 4.74 Å². The molecule has 0 saturated heterocycles. The normalized spacial score (nSPS) is 10.9. The highest BCUT2D eigenvalue weighted by atomic mass is 79.9. The number of benzene rings is 1. The Hall–Kier alpha value is -1.95. The van der Waals surface area contributed by atoms with Crippen molar-refractivity contribution >= 4 is 21.7 Å². The summed E-state index contributed by atoms with van der Waals surface area (Å²) < 4.78 is 8.36. The molecular formula is C13H11BrN4O. The molecule has 0 bridgehead atoms. The van der Waals surface area contributed by atoms with Crippen LogP contribution in [0.2, 0.25) is 0 Å². The van der Waals surface area contributed by atoms with Crippen LogP contribution in [0.4, 0.5) is 0 Å². The van der Waals surface area contributed by atoms with Crippen LogP contribution in [0.5, 0.6) is 11.6 Å². The van der Waals surface area contributed by atoms with Gasteiger partial charge in [-0.2, -0.15) is 14.6 Å². The van der Waals surface area contributed by atoms with Gasteiger partial charge in [-0.05, 0) is 47.5 Å². The van der Waals surface area contributed by atoms with Crippen molar-refractivity contribution in [1.29, 1.82) is 0 Å². The molecule has 0 fully saturated rings. The standard InChI is InChI=1S/C13H11BrN4O/c1-8-3-4-11(10(14)5-8)19-12-6-9(2)17-13-15-7-16-18(12)13/h3-7H,1-2H3. The molecule has 3 rings (SSSR count). The number of halogens is 1. The lowest BCUT2D eigenvalue weighted by atomic mass is 10.2. The highest BCUT2D eigenvalue weighted by Gasteiger charge is 2.09. The zero-order chi connectivity index (χ0) is 13.4. The molecule has 0 amide bonds. The fourth-order valence-corrected chi connectivity index (χ4v) is 2.35. The third-order valence-corrected chi connectivity index (χ3v) is 3.27. The third-order valence-electron chi connectivity index (χ3n) is 2.65. The predicted octanol–water partition coefficient (Wildman–Crippen LogP) is 3.30. The molecule has 0 aliphatic rings. The van der Waals surface area contributed by atoms with Gasteiger partial charge in [-0.25, -0.2) is 4.98 Å². The van der Waals surface area contributed by atoms with Crippen molar-refractivity contribution in [3.63, 3.8) is 0 Å². The van der Waals surface area contributed by atoms with E-state index in [2.05, 4.69) is 31.0 Å². The van der Waals surface area contributed by atoms with E-state index in [1.165, 1.54) is 6.33 Å². The Bertz CT molecular complexity index is 753. The van der Waals surface area contributed by atoms with Gasteiger partial charge < -0.3 is 4.74 Å². The molecule has 3 aromatic rings. The molecule has 6 heteroatoms. The van der Waals surface area contributed by atoms with E-state index in [1.807, 2.05) is 38.1 Å². The molecule has 0 saturated carbocycles. The van der Waals surface area contributed by atoms with E-state index < -0.39 is 0 Å². The molecular weight excluding hydrogens is 308 g/mol. The summed E-state index contributed by atoms with van der Waals surface area (Å²) in [5.41, 5.74) is 2.00. The summed E-state index contributed by atoms with van der Waals surface area (Å²) in [6.07, 6.45) is 1.46. The van der Waals surface area contributed by atoms with Crippen molar-refractivity contribution in [3.05, 3.63) is 46.3 Å². The molecule has 0 unspecified atom stereocenters. The highest BCUT2D eigenvalue weighted by Crippen LogP contribution is 2.30. The number of fused-ring (bicyclic) bond motifs is 1. The van der Waals surface area contributed by atoms with Crippen molar-refractivity contribution in [2.75, 3.05) is 0 Å². The second-order valence-corrected chi connectivity index (χ2v) is 5.10. The van der Waals surface area contributed by atoms with E-state index in [9.17, 15) is 0 Å². The summed E-state index contributed by atoms with van der Waals surface area (Å²) in [5.74, 6) is 1.84. The Balaban J connectivity index is 2.07. The Morgan fingerprint density at radius 1 is 1.21 bits per heavy atom. The predicted molar refractivity (Wildman–Crippen MR) is 74.5 cm³/mol. The Morgan fingerprint density at radius 2 is 2.05 bits per heavy atom. The molecule has 0 radical (unpaired) electrons. The first-order chi connectivity index (χ1) is 9.13. The number of rotatable bonds is 2. The van der Waals surface area contributed by atoms with Crippen LogP contribution in [0.25, 0.3) is 5.78 Å². The topological polar surface area (TPSA) is 52.3 Å². The molecule has 0 atom stereocenters. The summed E-state index contributed by atoms with van der Waals surface area (Å²) in [6, 6.07) is 7.74. The average molecular weight is 319 g/mol. The number of aryl methyl sites for hydroxylation is 2. The van der Waals surface area contributed by atoms with E-state index >= 15 is 0 Å². The number of hydrogen-bond acceptors (Lipinski definition) is 4. The minimum absolute atomic E-state index is 0.526. The summed E-state index contributed by atoms with van der Waals surface area (Å²) in [5, 5.41) is 4.11. The van der Waals surface area contributed by atoms with Gasteiger partial charge >= 0.3 is 0 Å². The smallest absolute Gasteiger partial charge is 0.255 e. The fraction of sp³-hybridized carbons (Fsp3) is 0.154. The maximum Gasteiger partial charge on any atom is 0.255 e. The molecule has 2 heterocycles. The van der Waals surface area contributed by atoms with Gasteiger partial charge in [0.05, 0.1) is 4.47 Å². The third kappa shape index (κ3) is 2.31. The molecule has 5 nitrogen and oxygen atoms in total. The van der Waals surface area contributed by atoms with Crippen LogP contribution >= 0.6 is 15.9 Å². The maximum atomic E-state index is 5.89. The van der Waals surface area contributed by atoms with Crippen LogP contribution < -0.4 is 4.74 Å². The molecule has 0 aliphatic heterocycles. The molecule has 96 valence electrons. The van der Waals surface area contributed by atoms with E-state index in [1.54, 1.807) is 4.52 Å². The Morgan fingerprint density at radius 3 is 2.84 bits per heavy atom. The first kappa shape index (κ1) is 12.1. The van der Waals surface area contributed by atoms with Gasteiger partial charge in [0.2, 0.25) is 5.88 Å².